The normalized spacial score (nSPS) is 15.8. The molecule has 1 atom stereocenters. The van der Waals surface area contributed by atoms with Crippen molar-refractivity contribution < 1.29 is 13.9 Å². The molecule has 0 fully saturated rings. The van der Waals surface area contributed by atoms with Crippen LogP contribution in [0.3, 0.4) is 0 Å². The van der Waals surface area contributed by atoms with E-state index >= 15 is 0 Å². The van der Waals surface area contributed by atoms with Gasteiger partial charge >= 0.3 is 0 Å². The quantitative estimate of drug-likeness (QED) is 0.699. The number of nitrogen functional groups attached to an aromatic ring is 1. The third kappa shape index (κ3) is 3.29. The van der Waals surface area contributed by atoms with Crippen molar-refractivity contribution in [3.8, 4) is 16.5 Å². The first-order valence-corrected chi connectivity index (χ1v) is 9.66. The Morgan fingerprint density at radius 2 is 2.18 bits per heavy atom. The zero-order chi connectivity index (χ0) is 19.8. The summed E-state index contributed by atoms with van der Waals surface area (Å²) in [6.07, 6.45) is 0.426. The van der Waals surface area contributed by atoms with Gasteiger partial charge in [0.1, 0.15) is 5.82 Å². The maximum atomic E-state index is 14.0. The average molecular weight is 399 g/mol. The van der Waals surface area contributed by atoms with Crippen molar-refractivity contribution in [1.29, 1.82) is 0 Å². The molecule has 1 amide bonds. The molecule has 1 aliphatic heterocycles. The number of hydrogen-bond donors (Lipinski definition) is 2. The maximum absolute atomic E-state index is 14.0. The maximum Gasteiger partial charge on any atom is 0.273 e. The van der Waals surface area contributed by atoms with Crippen LogP contribution in [0.25, 0.3) is 11.3 Å². The van der Waals surface area contributed by atoms with Gasteiger partial charge in [-0.15, -0.1) is 0 Å². The molecular formula is C19H18FN5O2S. The number of carbonyl (C=O) groups is 1. The van der Waals surface area contributed by atoms with Gasteiger partial charge in [0.15, 0.2) is 0 Å². The van der Waals surface area contributed by atoms with Gasteiger partial charge < -0.3 is 15.8 Å². The van der Waals surface area contributed by atoms with Crippen molar-refractivity contribution in [2.24, 2.45) is 0 Å². The molecule has 4 rings (SSSR count). The smallest absolute Gasteiger partial charge is 0.273 e. The largest absolute Gasteiger partial charge is 0.470 e. The molecule has 0 aliphatic carbocycles. The second-order valence-electron chi connectivity index (χ2n) is 6.38. The highest BCUT2D eigenvalue weighted by Crippen LogP contribution is 2.35. The second-order valence-corrected chi connectivity index (χ2v) is 7.20. The van der Waals surface area contributed by atoms with E-state index in [-0.39, 0.29) is 23.7 Å². The molecule has 0 saturated carbocycles. The number of ether oxygens (including phenoxy) is 1. The van der Waals surface area contributed by atoms with E-state index in [1.807, 2.05) is 12.3 Å². The number of thiazole rings is 1. The fourth-order valence-corrected chi connectivity index (χ4v) is 4.12. The van der Waals surface area contributed by atoms with E-state index in [0.717, 1.165) is 5.56 Å². The van der Waals surface area contributed by atoms with Crippen LogP contribution in [-0.2, 0) is 6.42 Å². The predicted octanol–water partition coefficient (Wildman–Crippen LogP) is 3.06. The molecule has 0 bridgehead atoms. The summed E-state index contributed by atoms with van der Waals surface area (Å²) in [5.41, 5.74) is 9.29. The minimum absolute atomic E-state index is 0.130. The van der Waals surface area contributed by atoms with E-state index in [1.54, 1.807) is 13.0 Å². The van der Waals surface area contributed by atoms with Crippen molar-refractivity contribution in [3.05, 3.63) is 51.9 Å². The Morgan fingerprint density at radius 3 is 2.96 bits per heavy atom. The van der Waals surface area contributed by atoms with Crippen LogP contribution >= 0.6 is 11.3 Å². The standard InChI is InChI=1S/C19H18FN5O2S/c1-3-27-19-25-15(8-28-19)12-6-10(20)4-5-11(12)13-7-14-16(17(26)23-13)9(2)22-18(21)24-14/h4-6,8,13H,3,7H2,1-2H3,(H,23,26)(H2,21,22,24)/t13-/m1/s1. The number of fused-ring (bicyclic) bond motifs is 1. The zero-order valence-corrected chi connectivity index (χ0v) is 16.1. The SMILES string of the molecule is CCOc1nc(-c2cc(F)ccc2[C@H]2Cc3nc(N)nc(C)c3C(=O)N2)cs1. The summed E-state index contributed by atoms with van der Waals surface area (Å²) in [6, 6.07) is 4.07. The van der Waals surface area contributed by atoms with Crippen LogP contribution in [-0.4, -0.2) is 27.5 Å². The fraction of sp³-hybridized carbons (Fsp3) is 0.263. The molecule has 1 aliphatic rings. The molecular weight excluding hydrogens is 381 g/mol. The van der Waals surface area contributed by atoms with Crippen molar-refractivity contribution in [2.45, 2.75) is 26.3 Å². The van der Waals surface area contributed by atoms with E-state index in [1.165, 1.54) is 23.5 Å². The lowest BCUT2D eigenvalue weighted by Crippen LogP contribution is -2.37. The van der Waals surface area contributed by atoms with Gasteiger partial charge in [0.2, 0.25) is 5.95 Å². The number of nitrogens with two attached hydrogens (primary N) is 1. The summed E-state index contributed by atoms with van der Waals surface area (Å²) >= 11 is 1.34. The number of anilines is 1. The van der Waals surface area contributed by atoms with Gasteiger partial charge in [-0.25, -0.2) is 19.3 Å². The Kier molecular flexibility index (Phi) is 4.68. The first-order chi connectivity index (χ1) is 13.5. The summed E-state index contributed by atoms with van der Waals surface area (Å²) < 4.78 is 19.4. The third-order valence-electron chi connectivity index (χ3n) is 4.53. The molecule has 7 nitrogen and oxygen atoms in total. The fourth-order valence-electron chi connectivity index (χ4n) is 3.39. The molecule has 1 aromatic carbocycles. The van der Waals surface area contributed by atoms with Crippen LogP contribution in [0.15, 0.2) is 23.6 Å². The number of amides is 1. The number of carbonyl (C=O) groups excluding carboxylic acids is 1. The van der Waals surface area contributed by atoms with E-state index < -0.39 is 0 Å². The predicted molar refractivity (Wildman–Crippen MR) is 104 cm³/mol. The van der Waals surface area contributed by atoms with Crippen molar-refractivity contribution in [3.63, 3.8) is 0 Å². The van der Waals surface area contributed by atoms with E-state index in [2.05, 4.69) is 20.3 Å². The van der Waals surface area contributed by atoms with Gasteiger partial charge in [-0.3, -0.25) is 4.79 Å². The van der Waals surface area contributed by atoms with E-state index in [9.17, 15) is 9.18 Å². The Morgan fingerprint density at radius 1 is 1.36 bits per heavy atom. The summed E-state index contributed by atoms with van der Waals surface area (Å²) in [4.78, 5) is 25.4. The van der Waals surface area contributed by atoms with Crippen LogP contribution in [0.4, 0.5) is 10.3 Å². The monoisotopic (exact) mass is 399 g/mol. The van der Waals surface area contributed by atoms with E-state index in [4.69, 9.17) is 10.5 Å². The minimum Gasteiger partial charge on any atom is -0.470 e. The highest BCUT2D eigenvalue weighted by molar-refractivity contribution is 7.11. The first-order valence-electron chi connectivity index (χ1n) is 8.78. The lowest BCUT2D eigenvalue weighted by Gasteiger charge is -2.27. The minimum atomic E-state index is -0.387. The van der Waals surface area contributed by atoms with Gasteiger partial charge in [-0.2, -0.15) is 0 Å². The Balaban J connectivity index is 1.76. The Hall–Kier alpha value is -3.07. The molecule has 0 radical (unpaired) electrons. The van der Waals surface area contributed by atoms with Crippen molar-refractivity contribution in [1.82, 2.24) is 20.3 Å². The van der Waals surface area contributed by atoms with Gasteiger partial charge in [0.05, 0.1) is 35.3 Å². The molecule has 0 unspecified atom stereocenters. The summed E-state index contributed by atoms with van der Waals surface area (Å²) in [7, 11) is 0. The van der Waals surface area contributed by atoms with Gasteiger partial charge in [-0.1, -0.05) is 17.4 Å². The number of hydrogen-bond acceptors (Lipinski definition) is 7. The summed E-state index contributed by atoms with van der Waals surface area (Å²) in [6.45, 7) is 4.10. The van der Waals surface area contributed by atoms with Gasteiger partial charge in [-0.05, 0) is 31.5 Å². The summed E-state index contributed by atoms with van der Waals surface area (Å²) in [5.74, 6) is -0.521. The molecule has 2 aromatic heterocycles. The number of halogens is 1. The van der Waals surface area contributed by atoms with Crippen molar-refractivity contribution in [2.75, 3.05) is 12.3 Å². The number of nitrogens with zero attached hydrogens (tertiary/aromatic N) is 3. The molecule has 3 N–H and O–H groups in total. The lowest BCUT2D eigenvalue weighted by molar-refractivity contribution is 0.0922. The molecule has 144 valence electrons. The highest BCUT2D eigenvalue weighted by atomic mass is 32.1. The number of rotatable bonds is 4. The van der Waals surface area contributed by atoms with Crippen LogP contribution in [0.5, 0.6) is 5.19 Å². The number of nitrogens with one attached hydrogen (secondary N) is 1. The lowest BCUT2D eigenvalue weighted by atomic mass is 9.90. The first kappa shape index (κ1) is 18.3. The average Bonchev–Trinajstić information content (AvgIpc) is 3.09. The number of benzene rings is 1. The van der Waals surface area contributed by atoms with Crippen LogP contribution in [0.2, 0.25) is 0 Å². The topological polar surface area (TPSA) is 103 Å². The molecule has 28 heavy (non-hydrogen) atoms. The Bertz CT molecular complexity index is 1070. The van der Waals surface area contributed by atoms with Gasteiger partial charge in [0.25, 0.3) is 11.1 Å². The molecule has 0 saturated heterocycles. The molecule has 9 heteroatoms. The third-order valence-corrected chi connectivity index (χ3v) is 5.28. The van der Waals surface area contributed by atoms with Crippen LogP contribution < -0.4 is 15.8 Å². The van der Waals surface area contributed by atoms with Crippen LogP contribution in [0, 0.1) is 12.7 Å². The Labute approximate surface area is 164 Å². The van der Waals surface area contributed by atoms with Crippen molar-refractivity contribution >= 4 is 23.2 Å². The molecule has 0 spiro atoms. The highest BCUT2D eigenvalue weighted by Gasteiger charge is 2.30. The van der Waals surface area contributed by atoms with Gasteiger partial charge in [0, 0.05) is 17.4 Å². The number of aryl methyl sites for hydroxylation is 1. The molecule has 3 heterocycles. The number of aromatic nitrogens is 3. The second kappa shape index (κ2) is 7.16. The van der Waals surface area contributed by atoms with E-state index in [0.29, 0.717) is 46.4 Å². The van der Waals surface area contributed by atoms with Crippen LogP contribution in [0.1, 0.15) is 40.3 Å². The summed E-state index contributed by atoms with van der Waals surface area (Å²) in [5, 5.41) is 5.30. The molecule has 3 aromatic rings. The zero-order valence-electron chi connectivity index (χ0n) is 15.3.